The minimum atomic E-state index is -0.00301. The maximum absolute atomic E-state index is 12.5. The minimum Gasteiger partial charge on any atom is -0.493 e. The molecule has 0 atom stereocenters. The molecule has 0 bridgehead atoms. The van der Waals surface area contributed by atoms with Gasteiger partial charge in [-0.1, -0.05) is 32.0 Å². The third-order valence-electron chi connectivity index (χ3n) is 5.75. The first kappa shape index (κ1) is 20.5. The zero-order valence-corrected chi connectivity index (χ0v) is 18.1. The fraction of sp³-hybridized carbons (Fsp3) is 0.458. The monoisotopic (exact) mass is 409 g/mol. The molecule has 2 aromatic carbocycles. The van der Waals surface area contributed by atoms with E-state index in [2.05, 4.69) is 35.9 Å². The van der Waals surface area contributed by atoms with Gasteiger partial charge in [-0.15, -0.1) is 0 Å². The second-order valence-corrected chi connectivity index (χ2v) is 8.51. The van der Waals surface area contributed by atoms with Crippen LogP contribution in [0, 0.1) is 5.92 Å². The van der Waals surface area contributed by atoms with Crippen molar-refractivity contribution in [1.29, 1.82) is 0 Å². The van der Waals surface area contributed by atoms with Crippen LogP contribution in [0.3, 0.4) is 0 Å². The summed E-state index contributed by atoms with van der Waals surface area (Å²) in [4.78, 5) is 17.9. The Labute approximate surface area is 177 Å². The normalized spacial score (nSPS) is 15.7. The second-order valence-electron chi connectivity index (χ2n) is 8.51. The number of hydrogen-bond acceptors (Lipinski definition) is 4. The van der Waals surface area contributed by atoms with Gasteiger partial charge >= 0.3 is 5.69 Å². The molecule has 6 nitrogen and oxygen atoms in total. The highest BCUT2D eigenvalue weighted by Crippen LogP contribution is 2.30. The number of likely N-dealkylation sites (tertiary alicyclic amines) is 1. The number of benzene rings is 2. The number of piperidine rings is 1. The van der Waals surface area contributed by atoms with Crippen LogP contribution in [0.25, 0.3) is 11.0 Å². The number of aromatic nitrogens is 2. The van der Waals surface area contributed by atoms with Crippen molar-refractivity contribution in [1.82, 2.24) is 14.5 Å². The molecule has 0 spiro atoms. The molecule has 0 amide bonds. The highest BCUT2D eigenvalue weighted by Gasteiger charge is 2.23. The molecular formula is C24H31N3O3. The maximum Gasteiger partial charge on any atom is 0.326 e. The van der Waals surface area contributed by atoms with Crippen LogP contribution in [0.2, 0.25) is 0 Å². The summed E-state index contributed by atoms with van der Waals surface area (Å²) in [7, 11) is 1.68. The molecular weight excluding hydrogens is 378 g/mol. The van der Waals surface area contributed by atoms with Crippen molar-refractivity contribution in [3.63, 3.8) is 0 Å². The number of methoxy groups -OCH3 is 1. The molecule has 0 radical (unpaired) electrons. The van der Waals surface area contributed by atoms with Gasteiger partial charge in [0.1, 0.15) is 0 Å². The Bertz CT molecular complexity index is 1050. The van der Waals surface area contributed by atoms with Crippen LogP contribution in [0.4, 0.5) is 0 Å². The number of H-pyrrole nitrogens is 1. The lowest BCUT2D eigenvalue weighted by molar-refractivity contribution is 0.179. The number of nitrogens with one attached hydrogen (secondary N) is 1. The molecule has 6 heteroatoms. The molecule has 1 aliphatic rings. The van der Waals surface area contributed by atoms with E-state index in [9.17, 15) is 4.79 Å². The molecule has 4 rings (SSSR count). The fourth-order valence-corrected chi connectivity index (χ4v) is 4.22. The van der Waals surface area contributed by atoms with Crippen molar-refractivity contribution in [3.05, 3.63) is 58.5 Å². The molecule has 30 heavy (non-hydrogen) atoms. The smallest absolute Gasteiger partial charge is 0.326 e. The summed E-state index contributed by atoms with van der Waals surface area (Å²) in [5.74, 6) is 2.05. The number of rotatable bonds is 7. The topological polar surface area (TPSA) is 59.5 Å². The van der Waals surface area contributed by atoms with Gasteiger partial charge in [0.2, 0.25) is 0 Å². The first-order valence-electron chi connectivity index (χ1n) is 10.8. The first-order valence-corrected chi connectivity index (χ1v) is 10.8. The molecule has 1 N–H and O–H groups in total. The highest BCUT2D eigenvalue weighted by atomic mass is 16.5. The summed E-state index contributed by atoms with van der Waals surface area (Å²) in [5, 5.41) is 0. The number of fused-ring (bicyclic) bond motifs is 1. The van der Waals surface area contributed by atoms with Gasteiger partial charge in [0.25, 0.3) is 0 Å². The van der Waals surface area contributed by atoms with Gasteiger partial charge in [-0.25, -0.2) is 4.79 Å². The van der Waals surface area contributed by atoms with Gasteiger partial charge in [-0.3, -0.25) is 9.47 Å². The molecule has 0 saturated carbocycles. The number of imidazole rings is 1. The molecule has 1 fully saturated rings. The summed E-state index contributed by atoms with van der Waals surface area (Å²) in [6.07, 6.45) is 1.93. The molecule has 3 aromatic rings. The van der Waals surface area contributed by atoms with Crippen LogP contribution < -0.4 is 15.2 Å². The summed E-state index contributed by atoms with van der Waals surface area (Å²) in [6, 6.07) is 14.4. The zero-order valence-electron chi connectivity index (χ0n) is 18.1. The lowest BCUT2D eigenvalue weighted by Gasteiger charge is -2.32. The third-order valence-corrected chi connectivity index (χ3v) is 5.75. The zero-order chi connectivity index (χ0) is 21.1. The van der Waals surface area contributed by atoms with E-state index in [4.69, 9.17) is 9.47 Å². The Kier molecular flexibility index (Phi) is 6.13. The molecule has 1 aliphatic heterocycles. The van der Waals surface area contributed by atoms with Gasteiger partial charge in [-0.05, 0) is 48.6 Å². The van der Waals surface area contributed by atoms with Crippen molar-refractivity contribution < 1.29 is 9.47 Å². The Hall–Kier alpha value is -2.73. The molecule has 1 saturated heterocycles. The quantitative estimate of drug-likeness (QED) is 0.635. The predicted octanol–water partition coefficient (Wildman–Crippen LogP) is 4.21. The Morgan fingerprint density at radius 2 is 1.87 bits per heavy atom. The van der Waals surface area contributed by atoms with Gasteiger partial charge in [-0.2, -0.15) is 0 Å². The fourth-order valence-electron chi connectivity index (χ4n) is 4.22. The summed E-state index contributed by atoms with van der Waals surface area (Å²) in [6.45, 7) is 7.75. The number of nitrogens with zero attached hydrogens (tertiary/aromatic N) is 2. The van der Waals surface area contributed by atoms with Crippen molar-refractivity contribution in [3.8, 4) is 11.5 Å². The van der Waals surface area contributed by atoms with Gasteiger partial charge in [0, 0.05) is 25.7 Å². The Balaban J connectivity index is 1.42. The lowest BCUT2D eigenvalue weighted by atomic mass is 10.0. The first-order chi connectivity index (χ1) is 14.5. The highest BCUT2D eigenvalue weighted by molar-refractivity contribution is 5.75. The second kappa shape index (κ2) is 8.96. The van der Waals surface area contributed by atoms with Crippen molar-refractivity contribution >= 4 is 11.0 Å². The van der Waals surface area contributed by atoms with Crippen LogP contribution >= 0.6 is 0 Å². The van der Waals surface area contributed by atoms with Crippen molar-refractivity contribution in [2.45, 2.75) is 39.3 Å². The summed E-state index contributed by atoms with van der Waals surface area (Å²) < 4.78 is 13.3. The number of ether oxygens (including phenoxy) is 2. The Morgan fingerprint density at radius 3 is 2.60 bits per heavy atom. The van der Waals surface area contributed by atoms with E-state index in [-0.39, 0.29) is 11.7 Å². The molecule has 0 unspecified atom stereocenters. The number of para-hydroxylation sites is 2. The van der Waals surface area contributed by atoms with Crippen LogP contribution in [0.15, 0.2) is 47.3 Å². The van der Waals surface area contributed by atoms with Gasteiger partial charge < -0.3 is 14.5 Å². The van der Waals surface area contributed by atoms with Crippen LogP contribution in [-0.4, -0.2) is 41.3 Å². The molecule has 2 heterocycles. The largest absolute Gasteiger partial charge is 0.493 e. The van der Waals surface area contributed by atoms with E-state index in [1.165, 1.54) is 5.56 Å². The molecule has 0 aliphatic carbocycles. The molecule has 1 aromatic heterocycles. The van der Waals surface area contributed by atoms with E-state index in [1.54, 1.807) is 7.11 Å². The van der Waals surface area contributed by atoms with E-state index in [0.29, 0.717) is 12.5 Å². The SMILES string of the molecule is COc1ccc(CN2CCC(n3c(=O)[nH]c4ccccc43)CC2)cc1OCC(C)C. The van der Waals surface area contributed by atoms with E-state index in [0.717, 1.165) is 55.0 Å². The van der Waals surface area contributed by atoms with Gasteiger partial charge in [0.15, 0.2) is 11.5 Å². The number of aromatic amines is 1. The third kappa shape index (κ3) is 4.38. The van der Waals surface area contributed by atoms with Crippen LogP contribution in [0.5, 0.6) is 11.5 Å². The van der Waals surface area contributed by atoms with E-state index in [1.807, 2.05) is 34.9 Å². The number of hydrogen-bond donors (Lipinski definition) is 1. The van der Waals surface area contributed by atoms with Crippen LogP contribution in [0.1, 0.15) is 38.3 Å². The summed E-state index contributed by atoms with van der Waals surface area (Å²) >= 11 is 0. The van der Waals surface area contributed by atoms with Crippen molar-refractivity contribution in [2.24, 2.45) is 5.92 Å². The van der Waals surface area contributed by atoms with E-state index < -0.39 is 0 Å². The Morgan fingerprint density at radius 1 is 1.10 bits per heavy atom. The van der Waals surface area contributed by atoms with Crippen molar-refractivity contribution in [2.75, 3.05) is 26.8 Å². The lowest BCUT2D eigenvalue weighted by Crippen LogP contribution is -2.36. The summed E-state index contributed by atoms with van der Waals surface area (Å²) in [5.41, 5.74) is 3.13. The standard InChI is InChI=1S/C24H31N3O3/c1-17(2)16-30-23-14-18(8-9-22(23)29-3)15-26-12-10-19(11-13-26)27-21-7-5-4-6-20(21)25-24(27)28/h4-9,14,17,19H,10-13,15-16H2,1-3H3,(H,25,28). The van der Waals surface area contributed by atoms with E-state index >= 15 is 0 Å². The molecule has 160 valence electrons. The predicted molar refractivity (Wildman–Crippen MR) is 119 cm³/mol. The average molecular weight is 410 g/mol. The minimum absolute atomic E-state index is 0.00301. The van der Waals surface area contributed by atoms with Crippen LogP contribution in [-0.2, 0) is 6.54 Å². The van der Waals surface area contributed by atoms with Gasteiger partial charge in [0.05, 0.1) is 24.8 Å². The average Bonchev–Trinajstić information content (AvgIpc) is 3.08. The maximum atomic E-state index is 12.5.